The zero-order chi connectivity index (χ0) is 24.1. The van der Waals surface area contributed by atoms with Crippen LogP contribution in [0.25, 0.3) is 0 Å². The molecule has 4 N–H and O–H groups in total. The molecule has 1 heterocycles. The highest BCUT2D eigenvalue weighted by Crippen LogP contribution is 2.41. The molecule has 7 heteroatoms. The van der Waals surface area contributed by atoms with Crippen molar-refractivity contribution >= 4 is 5.91 Å². The number of hydrogen-bond acceptors (Lipinski definition) is 6. The quantitative estimate of drug-likeness (QED) is 0.399. The smallest absolute Gasteiger partial charge is 0.217 e. The minimum atomic E-state index is -1.50. The van der Waals surface area contributed by atoms with Crippen LogP contribution < -0.4 is 5.32 Å². The number of rotatable bonds is 7. The van der Waals surface area contributed by atoms with Crippen molar-refractivity contribution in [1.82, 2.24) is 5.32 Å². The van der Waals surface area contributed by atoms with Gasteiger partial charge in [-0.25, -0.2) is 0 Å². The number of aliphatic hydroxyl groups is 3. The summed E-state index contributed by atoms with van der Waals surface area (Å²) in [5.41, 5.74) is 1.57. The average molecular weight is 464 g/mol. The van der Waals surface area contributed by atoms with Crippen molar-refractivity contribution in [2.45, 2.75) is 43.2 Å². The highest BCUT2D eigenvalue weighted by molar-refractivity contribution is 5.73. The number of carbonyl (C=O) groups excluding carboxylic acids is 1. The summed E-state index contributed by atoms with van der Waals surface area (Å²) in [6.07, 6.45) is -5.36. The maximum Gasteiger partial charge on any atom is 0.217 e. The normalized spacial score (nSPS) is 25.0. The van der Waals surface area contributed by atoms with Crippen LogP contribution in [0, 0.1) is 0 Å². The SMILES string of the molecule is CC(=O)N[C@@H]1[C@H](O)[C@H](O)[C@H](COC(c2ccccc2)(c2ccccc2)c2ccccc2)O[C@@H]1O. The molecular formula is C27H29NO6. The molecule has 1 saturated heterocycles. The molecule has 1 fully saturated rings. The van der Waals surface area contributed by atoms with E-state index in [2.05, 4.69) is 5.32 Å². The summed E-state index contributed by atoms with van der Waals surface area (Å²) < 4.78 is 12.2. The third-order valence-corrected chi connectivity index (χ3v) is 6.10. The van der Waals surface area contributed by atoms with Crippen molar-refractivity contribution in [2.24, 2.45) is 0 Å². The maximum atomic E-state index is 11.4. The molecule has 0 bridgehead atoms. The van der Waals surface area contributed by atoms with E-state index in [0.29, 0.717) is 0 Å². The van der Waals surface area contributed by atoms with Crippen molar-refractivity contribution < 1.29 is 29.6 Å². The molecule has 3 aromatic carbocycles. The van der Waals surface area contributed by atoms with E-state index in [1.165, 1.54) is 6.92 Å². The van der Waals surface area contributed by atoms with Gasteiger partial charge in [-0.1, -0.05) is 91.0 Å². The summed E-state index contributed by atoms with van der Waals surface area (Å²) in [5.74, 6) is -0.454. The van der Waals surface area contributed by atoms with Gasteiger partial charge in [0.1, 0.15) is 30.0 Å². The van der Waals surface area contributed by atoms with Gasteiger partial charge in [0.2, 0.25) is 5.91 Å². The predicted molar refractivity (Wildman–Crippen MR) is 126 cm³/mol. The van der Waals surface area contributed by atoms with Gasteiger partial charge in [-0.15, -0.1) is 0 Å². The van der Waals surface area contributed by atoms with Gasteiger partial charge in [-0.3, -0.25) is 4.79 Å². The number of hydrogen-bond donors (Lipinski definition) is 4. The van der Waals surface area contributed by atoms with Crippen LogP contribution in [0.5, 0.6) is 0 Å². The molecule has 3 aromatic rings. The van der Waals surface area contributed by atoms with Gasteiger partial charge in [0.15, 0.2) is 6.29 Å². The van der Waals surface area contributed by atoms with Crippen LogP contribution in [-0.2, 0) is 19.9 Å². The van der Waals surface area contributed by atoms with Crippen molar-refractivity contribution in [3.05, 3.63) is 108 Å². The fourth-order valence-electron chi connectivity index (χ4n) is 4.45. The minimum absolute atomic E-state index is 0.138. The Morgan fingerprint density at radius 1 is 0.824 bits per heavy atom. The van der Waals surface area contributed by atoms with Crippen molar-refractivity contribution in [3.63, 3.8) is 0 Å². The minimum Gasteiger partial charge on any atom is -0.388 e. The van der Waals surface area contributed by atoms with Crippen molar-refractivity contribution in [1.29, 1.82) is 0 Å². The molecule has 0 saturated carbocycles. The number of amides is 1. The van der Waals surface area contributed by atoms with E-state index >= 15 is 0 Å². The van der Waals surface area contributed by atoms with Gasteiger partial charge < -0.3 is 30.1 Å². The van der Waals surface area contributed by atoms with Crippen molar-refractivity contribution in [3.8, 4) is 0 Å². The van der Waals surface area contributed by atoms with Crippen molar-refractivity contribution in [2.75, 3.05) is 6.61 Å². The molecule has 178 valence electrons. The first-order valence-corrected chi connectivity index (χ1v) is 11.2. The van der Waals surface area contributed by atoms with Crippen LogP contribution >= 0.6 is 0 Å². The number of carbonyl (C=O) groups is 1. The molecule has 1 aliphatic heterocycles. The monoisotopic (exact) mass is 463 g/mol. The summed E-state index contributed by atoms with van der Waals surface area (Å²) in [7, 11) is 0. The lowest BCUT2D eigenvalue weighted by molar-refractivity contribution is -0.261. The van der Waals surface area contributed by atoms with Gasteiger partial charge in [-0.2, -0.15) is 0 Å². The topological polar surface area (TPSA) is 108 Å². The van der Waals surface area contributed by atoms with Crippen LogP contribution in [0.15, 0.2) is 91.0 Å². The second kappa shape index (κ2) is 10.5. The molecule has 0 radical (unpaired) electrons. The highest BCUT2D eigenvalue weighted by Gasteiger charge is 2.46. The van der Waals surface area contributed by atoms with E-state index < -0.39 is 42.2 Å². The summed E-state index contributed by atoms with van der Waals surface area (Å²) in [6.45, 7) is 1.12. The molecule has 34 heavy (non-hydrogen) atoms. The number of benzene rings is 3. The van der Waals surface area contributed by atoms with E-state index in [-0.39, 0.29) is 6.61 Å². The van der Waals surface area contributed by atoms with E-state index in [1.54, 1.807) is 0 Å². The van der Waals surface area contributed by atoms with Gasteiger partial charge in [0, 0.05) is 6.92 Å². The molecule has 4 rings (SSSR count). The lowest BCUT2D eigenvalue weighted by atomic mass is 9.80. The zero-order valence-electron chi connectivity index (χ0n) is 18.8. The number of aliphatic hydroxyl groups excluding tert-OH is 3. The summed E-state index contributed by atoms with van der Waals surface area (Å²) >= 11 is 0. The Balaban J connectivity index is 1.71. The van der Waals surface area contributed by atoms with Crippen LogP contribution in [0.3, 0.4) is 0 Å². The largest absolute Gasteiger partial charge is 0.388 e. The highest BCUT2D eigenvalue weighted by atomic mass is 16.6. The van der Waals surface area contributed by atoms with Gasteiger partial charge in [0.25, 0.3) is 0 Å². The molecular weight excluding hydrogens is 434 g/mol. The zero-order valence-corrected chi connectivity index (χ0v) is 18.8. The second-order valence-electron chi connectivity index (χ2n) is 8.36. The van der Waals surface area contributed by atoms with Gasteiger partial charge in [0.05, 0.1) is 6.61 Å². The summed E-state index contributed by atoms with van der Waals surface area (Å²) in [5, 5.41) is 34.1. The van der Waals surface area contributed by atoms with E-state index in [4.69, 9.17) is 9.47 Å². The third-order valence-electron chi connectivity index (χ3n) is 6.10. The Labute approximate surface area is 198 Å². The molecule has 5 atom stereocenters. The number of nitrogens with one attached hydrogen (secondary N) is 1. The Hall–Kier alpha value is -3.07. The lowest BCUT2D eigenvalue weighted by Crippen LogP contribution is -2.64. The molecule has 1 aliphatic rings. The lowest BCUT2D eigenvalue weighted by Gasteiger charge is -2.43. The molecule has 1 amide bonds. The first-order valence-electron chi connectivity index (χ1n) is 11.2. The summed E-state index contributed by atoms with van der Waals surface area (Å²) in [4.78, 5) is 11.4. The summed E-state index contributed by atoms with van der Waals surface area (Å²) in [6, 6.07) is 28.0. The number of ether oxygens (including phenoxy) is 2. The predicted octanol–water partition coefficient (Wildman–Crippen LogP) is 1.94. The van der Waals surface area contributed by atoms with Crippen LogP contribution in [-0.4, -0.2) is 58.5 Å². The van der Waals surface area contributed by atoms with Crippen LogP contribution in [0.2, 0.25) is 0 Å². The standard InChI is InChI=1S/C27H29NO6/c1-18(29)28-23-25(31)24(30)22(34-26(23)32)17-33-27(19-11-5-2-6-12-19,20-13-7-3-8-14-20)21-15-9-4-10-16-21/h2-16,22-26,30-32H,17H2,1H3,(H,28,29)/t22-,23+,24+,25-,26-/m0/s1. The van der Waals surface area contributed by atoms with Crippen LogP contribution in [0.1, 0.15) is 23.6 Å². The molecule has 0 spiro atoms. The van der Waals surface area contributed by atoms with E-state index in [1.807, 2.05) is 91.0 Å². The fourth-order valence-corrected chi connectivity index (χ4v) is 4.45. The van der Waals surface area contributed by atoms with Gasteiger partial charge in [-0.05, 0) is 16.7 Å². The van der Waals surface area contributed by atoms with E-state index in [9.17, 15) is 20.1 Å². The Morgan fingerprint density at radius 3 is 1.68 bits per heavy atom. The van der Waals surface area contributed by atoms with Crippen LogP contribution in [0.4, 0.5) is 0 Å². The Kier molecular flexibility index (Phi) is 7.41. The first kappa shape index (κ1) is 24.1. The molecule has 0 aliphatic carbocycles. The second-order valence-corrected chi connectivity index (χ2v) is 8.36. The third kappa shape index (κ3) is 4.75. The Morgan fingerprint density at radius 2 is 1.26 bits per heavy atom. The first-order chi connectivity index (χ1) is 16.4. The fraction of sp³-hybridized carbons (Fsp3) is 0.296. The average Bonchev–Trinajstić information content (AvgIpc) is 2.87. The maximum absolute atomic E-state index is 11.4. The molecule has 0 unspecified atom stereocenters. The van der Waals surface area contributed by atoms with E-state index in [0.717, 1.165) is 16.7 Å². The Bertz CT molecular complexity index is 966. The molecule has 7 nitrogen and oxygen atoms in total. The van der Waals surface area contributed by atoms with Gasteiger partial charge >= 0.3 is 0 Å². The molecule has 0 aromatic heterocycles.